The van der Waals surface area contributed by atoms with Crippen molar-refractivity contribution in [2.45, 2.75) is 43.0 Å². The lowest BCUT2D eigenvalue weighted by Gasteiger charge is -2.35. The van der Waals surface area contributed by atoms with Crippen LogP contribution >= 0.6 is 0 Å². The van der Waals surface area contributed by atoms with Gasteiger partial charge in [-0.1, -0.05) is 30.1 Å². The molecular weight excluding hydrogens is 432 g/mol. The maximum atomic E-state index is 13.0. The number of carbonyl (C=O) groups is 1. The molecule has 1 aromatic carbocycles. The van der Waals surface area contributed by atoms with E-state index in [4.69, 9.17) is 4.52 Å². The number of piperazine rings is 1. The summed E-state index contributed by atoms with van der Waals surface area (Å²) in [6.45, 7) is 2.82. The van der Waals surface area contributed by atoms with Gasteiger partial charge in [-0.2, -0.15) is 14.6 Å². The van der Waals surface area contributed by atoms with Crippen LogP contribution in [0.15, 0.2) is 33.7 Å². The Morgan fingerprint density at radius 2 is 1.91 bits per heavy atom. The van der Waals surface area contributed by atoms with E-state index in [1.807, 2.05) is 6.07 Å². The Hall–Kier alpha value is -2.81. The zero-order valence-corrected chi connectivity index (χ0v) is 18.8. The minimum Gasteiger partial charge on any atom is -0.340 e. The standard InChI is InChI=1S/C21H26N6O4S/c1-16-24-20(25-31-16)21(8-4-5-9-21)23-15-19(28)26-10-12-27(13-11-26)32(29,30)18-7-3-2-6-17(18)14-22/h2-3,6-7,23H,4-5,8-13,15H2,1H3. The molecule has 0 atom stereocenters. The first-order chi connectivity index (χ1) is 15.4. The van der Waals surface area contributed by atoms with E-state index < -0.39 is 15.6 Å². The van der Waals surface area contributed by atoms with Crippen LogP contribution in [0.3, 0.4) is 0 Å². The van der Waals surface area contributed by atoms with E-state index in [0.717, 1.165) is 25.7 Å². The van der Waals surface area contributed by atoms with Gasteiger partial charge in [-0.15, -0.1) is 0 Å². The number of hydrogen-bond donors (Lipinski definition) is 1. The quantitative estimate of drug-likeness (QED) is 0.681. The van der Waals surface area contributed by atoms with Gasteiger partial charge in [-0.3, -0.25) is 10.1 Å². The average molecular weight is 459 g/mol. The molecule has 0 bridgehead atoms. The zero-order chi connectivity index (χ0) is 22.8. The largest absolute Gasteiger partial charge is 0.340 e. The molecule has 1 N–H and O–H groups in total. The normalized spacial score (nSPS) is 19.1. The molecule has 11 heteroatoms. The molecule has 32 heavy (non-hydrogen) atoms. The van der Waals surface area contributed by atoms with Gasteiger partial charge in [0.25, 0.3) is 0 Å². The van der Waals surface area contributed by atoms with Crippen LogP contribution in [0.2, 0.25) is 0 Å². The molecule has 2 aliphatic rings. The Bertz CT molecular complexity index is 1130. The van der Waals surface area contributed by atoms with Gasteiger partial charge in [0.15, 0.2) is 5.82 Å². The molecule has 0 unspecified atom stereocenters. The van der Waals surface area contributed by atoms with Gasteiger partial charge < -0.3 is 9.42 Å². The highest BCUT2D eigenvalue weighted by molar-refractivity contribution is 7.89. The van der Waals surface area contributed by atoms with Crippen LogP contribution < -0.4 is 5.32 Å². The lowest BCUT2D eigenvalue weighted by atomic mass is 9.96. The molecule has 170 valence electrons. The minimum absolute atomic E-state index is 0.00234. The lowest BCUT2D eigenvalue weighted by molar-refractivity contribution is -0.131. The Morgan fingerprint density at radius 3 is 2.53 bits per heavy atom. The van der Waals surface area contributed by atoms with Gasteiger partial charge in [0.05, 0.1) is 22.5 Å². The van der Waals surface area contributed by atoms with Crippen LogP contribution in [0.5, 0.6) is 0 Å². The maximum Gasteiger partial charge on any atom is 0.244 e. The molecular formula is C21H26N6O4S. The molecule has 1 saturated carbocycles. The van der Waals surface area contributed by atoms with E-state index in [1.165, 1.54) is 16.4 Å². The predicted octanol–water partition coefficient (Wildman–Crippen LogP) is 1.14. The maximum absolute atomic E-state index is 13.0. The fourth-order valence-electron chi connectivity index (χ4n) is 4.41. The van der Waals surface area contributed by atoms with Gasteiger partial charge in [0.2, 0.25) is 21.8 Å². The number of nitrogens with zero attached hydrogens (tertiary/aromatic N) is 5. The highest BCUT2D eigenvalue weighted by atomic mass is 32.2. The molecule has 4 rings (SSSR count). The van der Waals surface area contributed by atoms with Gasteiger partial charge >= 0.3 is 0 Å². The Labute approximate surface area is 187 Å². The topological polar surface area (TPSA) is 132 Å². The second-order valence-corrected chi connectivity index (χ2v) is 10.1. The van der Waals surface area contributed by atoms with Crippen molar-refractivity contribution in [3.8, 4) is 6.07 Å². The minimum atomic E-state index is -3.79. The number of hydrogen-bond acceptors (Lipinski definition) is 8. The van der Waals surface area contributed by atoms with Gasteiger partial charge in [-0.25, -0.2) is 8.42 Å². The molecule has 2 aromatic rings. The van der Waals surface area contributed by atoms with Crippen molar-refractivity contribution in [1.29, 1.82) is 5.26 Å². The predicted molar refractivity (Wildman–Crippen MR) is 114 cm³/mol. The smallest absolute Gasteiger partial charge is 0.244 e. The number of carbonyl (C=O) groups excluding carboxylic acids is 1. The first-order valence-corrected chi connectivity index (χ1v) is 12.1. The Morgan fingerprint density at radius 1 is 1.22 bits per heavy atom. The molecule has 1 aliphatic carbocycles. The first kappa shape index (κ1) is 22.4. The summed E-state index contributed by atoms with van der Waals surface area (Å²) in [4.78, 5) is 18.9. The van der Waals surface area contributed by atoms with Crippen LogP contribution in [0, 0.1) is 18.3 Å². The highest BCUT2D eigenvalue weighted by Crippen LogP contribution is 2.37. The fraction of sp³-hybridized carbons (Fsp3) is 0.524. The van der Waals surface area contributed by atoms with Crippen LogP contribution in [-0.4, -0.2) is 66.4 Å². The van der Waals surface area contributed by atoms with Crippen molar-refractivity contribution in [3.63, 3.8) is 0 Å². The third kappa shape index (κ3) is 4.26. The van der Waals surface area contributed by atoms with Crippen LogP contribution in [0.1, 0.15) is 43.0 Å². The number of nitrogens with one attached hydrogen (secondary N) is 1. The van der Waals surface area contributed by atoms with Crippen molar-refractivity contribution in [2.75, 3.05) is 32.7 Å². The summed E-state index contributed by atoms with van der Waals surface area (Å²) in [5, 5.41) is 16.7. The van der Waals surface area contributed by atoms with Gasteiger partial charge in [0.1, 0.15) is 6.07 Å². The molecule has 10 nitrogen and oxygen atoms in total. The number of rotatable bonds is 6. The number of nitriles is 1. The van der Waals surface area contributed by atoms with E-state index >= 15 is 0 Å². The molecule has 1 aliphatic heterocycles. The second kappa shape index (κ2) is 8.97. The summed E-state index contributed by atoms with van der Waals surface area (Å²) < 4.78 is 32.4. The van der Waals surface area contributed by atoms with Crippen molar-refractivity contribution in [3.05, 3.63) is 41.5 Å². The number of aromatic nitrogens is 2. The van der Waals surface area contributed by atoms with E-state index in [0.29, 0.717) is 24.8 Å². The second-order valence-electron chi connectivity index (χ2n) is 8.17. The third-order valence-corrected chi connectivity index (χ3v) is 8.16. The Balaban J connectivity index is 1.37. The molecule has 2 heterocycles. The van der Waals surface area contributed by atoms with E-state index in [-0.39, 0.29) is 36.0 Å². The molecule has 2 fully saturated rings. The van der Waals surface area contributed by atoms with Crippen LogP contribution in [0.4, 0.5) is 0 Å². The number of sulfonamides is 1. The van der Waals surface area contributed by atoms with Gasteiger partial charge in [-0.05, 0) is 25.0 Å². The van der Waals surface area contributed by atoms with Crippen molar-refractivity contribution in [2.24, 2.45) is 0 Å². The van der Waals surface area contributed by atoms with Gasteiger partial charge in [0, 0.05) is 33.1 Å². The summed E-state index contributed by atoms with van der Waals surface area (Å²) in [7, 11) is -3.79. The number of aryl methyl sites for hydroxylation is 1. The fourth-order valence-corrected chi connectivity index (χ4v) is 5.97. The van der Waals surface area contributed by atoms with Crippen LogP contribution in [-0.2, 0) is 20.4 Å². The summed E-state index contributed by atoms with van der Waals surface area (Å²) in [6, 6.07) is 8.10. The van der Waals surface area contributed by atoms with E-state index in [2.05, 4.69) is 15.5 Å². The number of benzene rings is 1. The SMILES string of the molecule is Cc1nc(C2(NCC(=O)N3CCN(S(=O)(=O)c4ccccc4C#N)CC3)CCCC2)no1. The zero-order valence-electron chi connectivity index (χ0n) is 18.0. The third-order valence-electron chi connectivity index (χ3n) is 6.21. The summed E-state index contributed by atoms with van der Waals surface area (Å²) in [5.74, 6) is 0.994. The lowest BCUT2D eigenvalue weighted by Crippen LogP contribution is -2.54. The summed E-state index contributed by atoms with van der Waals surface area (Å²) in [6.07, 6.45) is 3.72. The Kier molecular flexibility index (Phi) is 6.28. The first-order valence-electron chi connectivity index (χ1n) is 10.7. The summed E-state index contributed by atoms with van der Waals surface area (Å²) in [5.41, 5.74) is -0.340. The monoisotopic (exact) mass is 458 g/mol. The van der Waals surface area contributed by atoms with E-state index in [1.54, 1.807) is 24.0 Å². The van der Waals surface area contributed by atoms with Crippen molar-refractivity contribution < 1.29 is 17.7 Å². The highest BCUT2D eigenvalue weighted by Gasteiger charge is 2.40. The average Bonchev–Trinajstić information content (AvgIpc) is 3.47. The molecule has 0 radical (unpaired) electrons. The molecule has 1 saturated heterocycles. The van der Waals surface area contributed by atoms with Crippen molar-refractivity contribution in [1.82, 2.24) is 24.7 Å². The van der Waals surface area contributed by atoms with Crippen molar-refractivity contribution >= 4 is 15.9 Å². The summed E-state index contributed by atoms with van der Waals surface area (Å²) >= 11 is 0. The number of amides is 1. The van der Waals surface area contributed by atoms with Crippen LogP contribution in [0.25, 0.3) is 0 Å². The molecule has 1 aromatic heterocycles. The van der Waals surface area contributed by atoms with E-state index in [9.17, 15) is 18.5 Å². The molecule has 1 amide bonds. The molecule has 0 spiro atoms.